The van der Waals surface area contributed by atoms with Gasteiger partial charge in [-0.25, -0.2) is 0 Å². The molecule has 0 fully saturated rings. The molecule has 0 atom stereocenters. The van der Waals surface area contributed by atoms with Crippen LogP contribution in [0.1, 0.15) is 90.1 Å². The SMILES string of the molecule is CC(C)(C)c1cc(Cl)c[nH]c1=O.CC(C)(C)c1ccc2c(c1)CNC2.CC(C)(C)c1ccc[nH]c1=O. The maximum absolute atomic E-state index is 11.3. The Morgan fingerprint density at radius 2 is 1.28 bits per heavy atom. The second kappa shape index (κ2) is 11.6. The standard InChI is InChI=1S/C12H17N.C9H12ClNO.C9H13NO/c1-12(2,3)11-5-4-9-7-13-8-10(9)6-11;1-9(2,3)7-4-6(10)5-11-8(7)12;1-9(2,3)7-5-4-6-10-8(7)11/h4-6,13H,7-8H2,1-3H3;4-5H,1-3H3,(H,11,12);4-6H,1-3H3,(H,10,11). The number of halogens is 1. The second-order valence-corrected chi connectivity index (χ2v) is 12.7. The van der Waals surface area contributed by atoms with Gasteiger partial charge in [0.15, 0.2) is 0 Å². The van der Waals surface area contributed by atoms with Crippen LogP contribution in [0.15, 0.2) is 58.4 Å². The number of hydrogen-bond donors (Lipinski definition) is 3. The van der Waals surface area contributed by atoms with E-state index in [2.05, 4.69) is 54.3 Å². The van der Waals surface area contributed by atoms with Gasteiger partial charge >= 0.3 is 0 Å². The summed E-state index contributed by atoms with van der Waals surface area (Å²) in [5.74, 6) is 0. The number of pyridine rings is 2. The first-order valence-corrected chi connectivity index (χ1v) is 12.8. The molecule has 0 saturated heterocycles. The van der Waals surface area contributed by atoms with Crippen LogP contribution in [0.3, 0.4) is 0 Å². The third-order valence-electron chi connectivity index (χ3n) is 6.01. The van der Waals surface area contributed by atoms with Gasteiger partial charge in [-0.1, -0.05) is 98.2 Å². The van der Waals surface area contributed by atoms with Crippen molar-refractivity contribution in [3.8, 4) is 0 Å². The van der Waals surface area contributed by atoms with Gasteiger partial charge in [0.1, 0.15) is 0 Å². The smallest absolute Gasteiger partial charge is 0.251 e. The van der Waals surface area contributed by atoms with Crippen LogP contribution >= 0.6 is 11.6 Å². The van der Waals surface area contributed by atoms with Crippen molar-refractivity contribution in [2.75, 3.05) is 0 Å². The molecule has 0 spiro atoms. The minimum absolute atomic E-state index is 0.0139. The lowest BCUT2D eigenvalue weighted by atomic mass is 9.85. The van der Waals surface area contributed by atoms with Crippen LogP contribution in [0.25, 0.3) is 0 Å². The monoisotopic (exact) mass is 511 g/mol. The van der Waals surface area contributed by atoms with E-state index in [1.54, 1.807) is 12.3 Å². The van der Waals surface area contributed by atoms with Gasteiger partial charge in [-0.3, -0.25) is 9.59 Å². The topological polar surface area (TPSA) is 77.8 Å². The number of hydrogen-bond acceptors (Lipinski definition) is 3. The highest BCUT2D eigenvalue weighted by Gasteiger charge is 2.18. The van der Waals surface area contributed by atoms with Crippen LogP contribution in [0.5, 0.6) is 0 Å². The summed E-state index contributed by atoms with van der Waals surface area (Å²) in [5.41, 5.74) is 5.95. The number of benzene rings is 1. The number of nitrogens with one attached hydrogen (secondary N) is 3. The lowest BCUT2D eigenvalue weighted by Crippen LogP contribution is -2.23. The molecule has 5 nitrogen and oxygen atoms in total. The molecule has 3 aromatic rings. The summed E-state index contributed by atoms with van der Waals surface area (Å²) in [4.78, 5) is 27.8. The molecule has 0 radical (unpaired) electrons. The van der Waals surface area contributed by atoms with Gasteiger partial charge < -0.3 is 15.3 Å². The maximum Gasteiger partial charge on any atom is 0.251 e. The quantitative estimate of drug-likeness (QED) is 0.318. The highest BCUT2D eigenvalue weighted by molar-refractivity contribution is 6.30. The molecule has 1 aliphatic rings. The third kappa shape index (κ3) is 8.49. The van der Waals surface area contributed by atoms with E-state index in [1.807, 2.05) is 53.7 Å². The van der Waals surface area contributed by atoms with E-state index in [4.69, 9.17) is 11.6 Å². The molecule has 0 bridgehead atoms. The summed E-state index contributed by atoms with van der Waals surface area (Å²) >= 11 is 5.75. The zero-order valence-corrected chi connectivity index (χ0v) is 24.0. The molecule has 0 amide bonds. The van der Waals surface area contributed by atoms with E-state index in [-0.39, 0.29) is 27.4 Å². The Kier molecular flexibility index (Phi) is 9.55. The average Bonchev–Trinajstić information content (AvgIpc) is 3.22. The predicted octanol–water partition coefficient (Wildman–Crippen LogP) is 6.59. The number of fused-ring (bicyclic) bond motifs is 1. The van der Waals surface area contributed by atoms with Crippen LogP contribution in [0.2, 0.25) is 5.02 Å². The van der Waals surface area contributed by atoms with Crippen molar-refractivity contribution < 1.29 is 0 Å². The van der Waals surface area contributed by atoms with E-state index in [0.29, 0.717) is 5.02 Å². The first-order chi connectivity index (χ1) is 16.5. The maximum atomic E-state index is 11.3. The van der Waals surface area contributed by atoms with Gasteiger partial charge in [0, 0.05) is 36.6 Å². The number of rotatable bonds is 0. The zero-order chi connectivity index (χ0) is 27.3. The van der Waals surface area contributed by atoms with Crippen molar-refractivity contribution in [1.29, 1.82) is 0 Å². The summed E-state index contributed by atoms with van der Waals surface area (Å²) in [7, 11) is 0. The fourth-order valence-corrected chi connectivity index (χ4v) is 3.95. The Labute approximate surface area is 220 Å². The first kappa shape index (κ1) is 29.6. The summed E-state index contributed by atoms with van der Waals surface area (Å²) in [5, 5.41) is 3.94. The van der Waals surface area contributed by atoms with Crippen molar-refractivity contribution in [3.63, 3.8) is 0 Å². The Morgan fingerprint density at radius 3 is 1.78 bits per heavy atom. The molecule has 36 heavy (non-hydrogen) atoms. The average molecular weight is 512 g/mol. The molecular formula is C30H42ClN3O2. The summed E-state index contributed by atoms with van der Waals surface area (Å²) in [6, 6.07) is 12.3. The van der Waals surface area contributed by atoms with E-state index < -0.39 is 0 Å². The van der Waals surface area contributed by atoms with Crippen molar-refractivity contribution in [2.24, 2.45) is 0 Å². The highest BCUT2D eigenvalue weighted by Crippen LogP contribution is 2.26. The highest BCUT2D eigenvalue weighted by atomic mass is 35.5. The van der Waals surface area contributed by atoms with Crippen LogP contribution in [0.4, 0.5) is 0 Å². The Hall–Kier alpha value is -2.63. The third-order valence-corrected chi connectivity index (χ3v) is 6.22. The van der Waals surface area contributed by atoms with Crippen molar-refractivity contribution >= 4 is 11.6 Å². The molecule has 1 aliphatic heterocycles. The fraction of sp³-hybridized carbons (Fsp3) is 0.467. The molecular weight excluding hydrogens is 470 g/mol. The Bertz CT molecular complexity index is 1270. The van der Waals surface area contributed by atoms with E-state index in [9.17, 15) is 9.59 Å². The number of H-pyrrole nitrogens is 2. The van der Waals surface area contributed by atoms with Crippen molar-refractivity contribution in [3.05, 3.63) is 102 Å². The lowest BCUT2D eigenvalue weighted by Gasteiger charge is -2.19. The molecule has 6 heteroatoms. The van der Waals surface area contributed by atoms with Gasteiger partial charge in [0.25, 0.3) is 11.1 Å². The Morgan fingerprint density at radius 1 is 0.694 bits per heavy atom. The minimum atomic E-state index is -0.154. The van der Waals surface area contributed by atoms with Crippen LogP contribution in [-0.2, 0) is 29.3 Å². The van der Waals surface area contributed by atoms with Gasteiger partial charge in [0.05, 0.1) is 5.02 Å². The molecule has 3 heterocycles. The van der Waals surface area contributed by atoms with Gasteiger partial charge in [-0.05, 0) is 45.1 Å². The van der Waals surface area contributed by atoms with E-state index in [1.165, 1.54) is 22.9 Å². The molecule has 0 aliphatic carbocycles. The van der Waals surface area contributed by atoms with Crippen LogP contribution in [-0.4, -0.2) is 9.97 Å². The molecule has 196 valence electrons. The lowest BCUT2D eigenvalue weighted by molar-refractivity contribution is 0.581. The van der Waals surface area contributed by atoms with Gasteiger partial charge in [0.2, 0.25) is 0 Å². The molecule has 4 rings (SSSR count). The summed E-state index contributed by atoms with van der Waals surface area (Å²) in [6.07, 6.45) is 3.15. The van der Waals surface area contributed by atoms with Crippen molar-refractivity contribution in [1.82, 2.24) is 15.3 Å². The zero-order valence-electron chi connectivity index (χ0n) is 23.2. The van der Waals surface area contributed by atoms with Gasteiger partial charge in [-0.2, -0.15) is 0 Å². The molecule has 0 saturated carbocycles. The molecule has 2 aromatic heterocycles. The molecule has 3 N–H and O–H groups in total. The van der Waals surface area contributed by atoms with Crippen molar-refractivity contribution in [2.45, 2.75) is 91.6 Å². The predicted molar refractivity (Wildman–Crippen MR) is 152 cm³/mol. The Balaban J connectivity index is 0.000000191. The molecule has 1 aromatic carbocycles. The largest absolute Gasteiger partial charge is 0.329 e. The number of aromatic amines is 2. The summed E-state index contributed by atoms with van der Waals surface area (Å²) < 4.78 is 0. The van der Waals surface area contributed by atoms with Crippen LogP contribution in [0, 0.1) is 0 Å². The minimum Gasteiger partial charge on any atom is -0.329 e. The first-order valence-electron chi connectivity index (χ1n) is 12.4. The van der Waals surface area contributed by atoms with E-state index >= 15 is 0 Å². The summed E-state index contributed by atoms with van der Waals surface area (Å²) in [6.45, 7) is 20.9. The van der Waals surface area contributed by atoms with Gasteiger partial charge in [-0.15, -0.1) is 0 Å². The normalized spacial score (nSPS) is 13.2. The van der Waals surface area contributed by atoms with E-state index in [0.717, 1.165) is 24.2 Å². The van der Waals surface area contributed by atoms with Crippen LogP contribution < -0.4 is 16.4 Å². The second-order valence-electron chi connectivity index (χ2n) is 12.3. The number of aromatic nitrogens is 2. The molecule has 0 unspecified atom stereocenters. The fourth-order valence-electron chi connectivity index (χ4n) is 3.79.